The second-order valence-electron chi connectivity index (χ2n) is 9.71. The number of ether oxygens (including phenoxy) is 5. The fraction of sp³-hybridized carbons (Fsp3) is 0.818. The highest BCUT2D eigenvalue weighted by molar-refractivity contribution is 5.39. The zero-order valence-corrected chi connectivity index (χ0v) is 19.8. The monoisotopic (exact) mass is 538 g/mol. The standard InChI is InChI=1S/C22H34O15/c1-21-8(5-23)4-11(26)22(21,37-19-17(32)15(30)13(28)10(7-25)35-19)2-3-33-20(21)36-18-16(31)14(29)12(27)9(6-24)34-18/h2-4,9-20,23-32H,5-7H2,1H3/t9-,10-,11-,12-,13-,14+,15+,16-,17-,18+,19+,20+,21+,22-/m1/s1. The summed E-state index contributed by atoms with van der Waals surface area (Å²) in [5.74, 6) is 0. The Morgan fingerprint density at radius 1 is 0.784 bits per heavy atom. The molecule has 212 valence electrons. The second-order valence-corrected chi connectivity index (χ2v) is 9.71. The van der Waals surface area contributed by atoms with Crippen molar-refractivity contribution in [2.45, 2.75) is 86.3 Å². The van der Waals surface area contributed by atoms with Gasteiger partial charge < -0.3 is 74.7 Å². The number of hydrogen-bond acceptors (Lipinski definition) is 15. The highest BCUT2D eigenvalue weighted by atomic mass is 16.8. The highest BCUT2D eigenvalue weighted by Gasteiger charge is 2.67. The molecule has 14 atom stereocenters. The molecular formula is C22H34O15. The Balaban J connectivity index is 1.66. The van der Waals surface area contributed by atoms with E-state index in [1.54, 1.807) is 0 Å². The van der Waals surface area contributed by atoms with Crippen LogP contribution < -0.4 is 0 Å². The molecular weight excluding hydrogens is 504 g/mol. The minimum absolute atomic E-state index is 0.142. The molecule has 0 aromatic carbocycles. The lowest BCUT2D eigenvalue weighted by Gasteiger charge is -2.53. The van der Waals surface area contributed by atoms with Crippen molar-refractivity contribution in [3.63, 3.8) is 0 Å². The molecule has 4 aliphatic rings. The molecule has 10 N–H and O–H groups in total. The molecule has 37 heavy (non-hydrogen) atoms. The van der Waals surface area contributed by atoms with Crippen LogP contribution in [0.5, 0.6) is 0 Å². The van der Waals surface area contributed by atoms with Crippen molar-refractivity contribution in [2.75, 3.05) is 19.8 Å². The van der Waals surface area contributed by atoms with E-state index in [0.29, 0.717) is 0 Å². The molecule has 0 amide bonds. The van der Waals surface area contributed by atoms with Crippen LogP contribution in [0.25, 0.3) is 0 Å². The maximum atomic E-state index is 11.1. The van der Waals surface area contributed by atoms with Crippen LogP contribution in [0.2, 0.25) is 0 Å². The molecule has 2 saturated heterocycles. The summed E-state index contributed by atoms with van der Waals surface area (Å²) in [6.07, 6.45) is -15.7. The van der Waals surface area contributed by atoms with Gasteiger partial charge in [0.2, 0.25) is 6.29 Å². The molecule has 0 bridgehead atoms. The van der Waals surface area contributed by atoms with Crippen LogP contribution in [0.4, 0.5) is 0 Å². The lowest BCUT2D eigenvalue weighted by molar-refractivity contribution is -0.376. The third kappa shape index (κ3) is 4.42. The lowest BCUT2D eigenvalue weighted by Crippen LogP contribution is -2.67. The van der Waals surface area contributed by atoms with Crippen molar-refractivity contribution in [3.8, 4) is 0 Å². The van der Waals surface area contributed by atoms with Gasteiger partial charge in [-0.25, -0.2) is 0 Å². The van der Waals surface area contributed by atoms with E-state index in [2.05, 4.69) is 0 Å². The predicted molar refractivity (Wildman–Crippen MR) is 116 cm³/mol. The Hall–Kier alpha value is -1.28. The van der Waals surface area contributed by atoms with Crippen LogP contribution in [0.3, 0.4) is 0 Å². The van der Waals surface area contributed by atoms with Gasteiger partial charge in [-0.3, -0.25) is 0 Å². The molecule has 0 spiro atoms. The summed E-state index contributed by atoms with van der Waals surface area (Å²) in [5.41, 5.74) is -3.38. The van der Waals surface area contributed by atoms with E-state index in [1.807, 2.05) is 0 Å². The van der Waals surface area contributed by atoms with Gasteiger partial charge in [0.05, 0.1) is 31.5 Å². The van der Waals surface area contributed by atoms with Crippen molar-refractivity contribution in [2.24, 2.45) is 5.41 Å². The Morgan fingerprint density at radius 3 is 1.86 bits per heavy atom. The summed E-state index contributed by atoms with van der Waals surface area (Å²) in [7, 11) is 0. The van der Waals surface area contributed by atoms with E-state index in [0.717, 1.165) is 6.26 Å². The Kier molecular flexibility index (Phi) is 8.31. The molecule has 3 heterocycles. The van der Waals surface area contributed by atoms with Gasteiger partial charge in [0, 0.05) is 0 Å². The van der Waals surface area contributed by atoms with Crippen molar-refractivity contribution >= 4 is 0 Å². The van der Waals surface area contributed by atoms with Crippen LogP contribution in [-0.2, 0) is 23.7 Å². The van der Waals surface area contributed by atoms with Crippen LogP contribution >= 0.6 is 0 Å². The zero-order chi connectivity index (χ0) is 27.3. The fourth-order valence-corrected chi connectivity index (χ4v) is 5.28. The molecule has 4 rings (SSSR count). The van der Waals surface area contributed by atoms with E-state index in [9.17, 15) is 51.1 Å². The van der Waals surface area contributed by atoms with Crippen molar-refractivity contribution in [1.82, 2.24) is 0 Å². The maximum absolute atomic E-state index is 11.1. The molecule has 0 unspecified atom stereocenters. The largest absolute Gasteiger partial charge is 0.472 e. The van der Waals surface area contributed by atoms with Crippen LogP contribution in [0.1, 0.15) is 6.92 Å². The molecule has 1 aliphatic carbocycles. The van der Waals surface area contributed by atoms with Gasteiger partial charge in [-0.15, -0.1) is 0 Å². The first-order chi connectivity index (χ1) is 17.5. The summed E-state index contributed by atoms with van der Waals surface area (Å²) in [4.78, 5) is 0. The van der Waals surface area contributed by atoms with Gasteiger partial charge in [0.25, 0.3) is 0 Å². The lowest BCUT2D eigenvalue weighted by atomic mass is 9.69. The summed E-state index contributed by atoms with van der Waals surface area (Å²) in [5, 5.41) is 102. The first kappa shape index (κ1) is 28.7. The normalized spacial score (nSPS) is 51.9. The zero-order valence-electron chi connectivity index (χ0n) is 19.8. The Morgan fingerprint density at radius 2 is 1.32 bits per heavy atom. The number of rotatable bonds is 7. The van der Waals surface area contributed by atoms with E-state index in [-0.39, 0.29) is 5.57 Å². The average molecular weight is 538 g/mol. The predicted octanol–water partition coefficient (Wildman–Crippen LogP) is -5.47. The van der Waals surface area contributed by atoms with E-state index in [1.165, 1.54) is 19.1 Å². The molecule has 0 radical (unpaired) electrons. The molecule has 0 aromatic heterocycles. The first-order valence-electron chi connectivity index (χ1n) is 11.7. The van der Waals surface area contributed by atoms with Crippen LogP contribution in [-0.4, -0.2) is 150 Å². The van der Waals surface area contributed by atoms with E-state index < -0.39 is 105 Å². The molecule has 0 saturated carbocycles. The summed E-state index contributed by atoms with van der Waals surface area (Å²) < 4.78 is 28.3. The molecule has 15 heteroatoms. The minimum atomic E-state index is -1.89. The van der Waals surface area contributed by atoms with Crippen LogP contribution in [0, 0.1) is 5.41 Å². The molecule has 2 fully saturated rings. The number of aliphatic hydroxyl groups excluding tert-OH is 10. The molecule has 3 aliphatic heterocycles. The first-order valence-corrected chi connectivity index (χ1v) is 11.7. The number of hydrogen-bond donors (Lipinski definition) is 10. The van der Waals surface area contributed by atoms with Gasteiger partial charge in [0.15, 0.2) is 12.6 Å². The van der Waals surface area contributed by atoms with Gasteiger partial charge in [-0.1, -0.05) is 6.08 Å². The Bertz CT molecular complexity index is 865. The SMILES string of the molecule is C[C@@]12C(CO)=C[C@@H](O)[C@]1(O[C@@H]1O[C@H](CO)[C@@H](O)[C@H](O)[C@H]1O)C=CO[C@H]2O[C@@H]1O[C@H](CO)[C@@H](O)[C@H](O)[C@H]1O. The number of aliphatic hydroxyl groups is 10. The van der Waals surface area contributed by atoms with Crippen LogP contribution in [0.15, 0.2) is 24.0 Å². The van der Waals surface area contributed by atoms with Crippen molar-refractivity contribution in [3.05, 3.63) is 24.0 Å². The van der Waals surface area contributed by atoms with Crippen molar-refractivity contribution < 1.29 is 74.7 Å². The maximum Gasteiger partial charge on any atom is 0.214 e. The van der Waals surface area contributed by atoms with Gasteiger partial charge in [0.1, 0.15) is 60.5 Å². The van der Waals surface area contributed by atoms with E-state index >= 15 is 0 Å². The third-order valence-corrected chi connectivity index (χ3v) is 7.70. The topological polar surface area (TPSA) is 248 Å². The summed E-state index contributed by atoms with van der Waals surface area (Å²) in [6, 6.07) is 0. The third-order valence-electron chi connectivity index (χ3n) is 7.70. The van der Waals surface area contributed by atoms with Gasteiger partial charge in [-0.2, -0.15) is 0 Å². The van der Waals surface area contributed by atoms with Crippen molar-refractivity contribution in [1.29, 1.82) is 0 Å². The van der Waals surface area contributed by atoms with Gasteiger partial charge in [-0.05, 0) is 18.6 Å². The Labute approximate surface area is 211 Å². The van der Waals surface area contributed by atoms with E-state index in [4.69, 9.17) is 23.7 Å². The quantitative estimate of drug-likeness (QED) is 0.136. The smallest absolute Gasteiger partial charge is 0.214 e. The summed E-state index contributed by atoms with van der Waals surface area (Å²) in [6.45, 7) is -0.593. The average Bonchev–Trinajstić information content (AvgIpc) is 3.11. The molecule has 15 nitrogen and oxygen atoms in total. The fourth-order valence-electron chi connectivity index (χ4n) is 5.28. The minimum Gasteiger partial charge on any atom is -0.472 e. The second kappa shape index (κ2) is 10.7. The summed E-state index contributed by atoms with van der Waals surface area (Å²) >= 11 is 0. The number of fused-ring (bicyclic) bond motifs is 1. The van der Waals surface area contributed by atoms with Gasteiger partial charge >= 0.3 is 0 Å². The highest BCUT2D eigenvalue weighted by Crippen LogP contribution is 2.56. The molecule has 0 aromatic rings.